The number of aliphatic imine (C=N–C) groups is 2. The minimum atomic E-state index is -0.620. The lowest BCUT2D eigenvalue weighted by Crippen LogP contribution is -2.21. The quantitative estimate of drug-likeness (QED) is 0.0156. The van der Waals surface area contributed by atoms with Gasteiger partial charge in [-0.05, 0) is 216 Å². The van der Waals surface area contributed by atoms with E-state index in [0.717, 1.165) is 62.6 Å². The van der Waals surface area contributed by atoms with E-state index in [4.69, 9.17) is 47.9 Å². The van der Waals surface area contributed by atoms with Crippen molar-refractivity contribution in [2.45, 2.75) is 115 Å². The molecule has 0 fully saturated rings. The fourth-order valence-corrected chi connectivity index (χ4v) is 17.5. The van der Waals surface area contributed by atoms with Crippen molar-refractivity contribution in [2.75, 3.05) is 52.9 Å². The summed E-state index contributed by atoms with van der Waals surface area (Å²) in [6, 6.07) is 63.8. The summed E-state index contributed by atoms with van der Waals surface area (Å²) in [5.74, 6) is -5.73. The number of fused-ring (bicyclic) bond motifs is 10. The molecule has 8 aromatic carbocycles. The summed E-state index contributed by atoms with van der Waals surface area (Å²) in [5, 5.41) is 1.31. The van der Waals surface area contributed by atoms with Crippen LogP contribution in [-0.4, -0.2) is 150 Å². The highest BCUT2D eigenvalue weighted by atomic mass is 16.5. The molecule has 684 valence electrons. The zero-order chi connectivity index (χ0) is 94.0. The van der Waals surface area contributed by atoms with Crippen molar-refractivity contribution in [1.29, 1.82) is 0 Å². The third kappa shape index (κ3) is 21.2. The molecule has 24 heteroatoms. The van der Waals surface area contributed by atoms with Crippen molar-refractivity contribution in [3.05, 3.63) is 384 Å². The highest BCUT2D eigenvalue weighted by Crippen LogP contribution is 2.40. The van der Waals surface area contributed by atoms with E-state index in [9.17, 15) is 57.5 Å². The number of ketones is 8. The van der Waals surface area contributed by atoms with Gasteiger partial charge in [0, 0.05) is 108 Å². The van der Waals surface area contributed by atoms with Gasteiger partial charge in [-0.2, -0.15) is 0 Å². The van der Waals surface area contributed by atoms with Gasteiger partial charge < -0.3 is 47.9 Å². The van der Waals surface area contributed by atoms with Gasteiger partial charge in [0.15, 0.2) is 0 Å². The first kappa shape index (κ1) is 91.9. The third-order valence-corrected chi connectivity index (χ3v) is 24.6. The maximum atomic E-state index is 13.9. The number of esters is 4. The molecule has 0 saturated heterocycles. The fraction of sp³-hybridized carbons (Fsp3) is 0.232. The number of hydrogen-bond donors (Lipinski definition) is 2. The van der Waals surface area contributed by atoms with Gasteiger partial charge in [0.25, 0.3) is 0 Å². The highest BCUT2D eigenvalue weighted by molar-refractivity contribution is 6.52. The number of ether oxygens (including phenoxy) is 8. The Morgan fingerprint density at radius 3 is 0.941 bits per heavy atom. The van der Waals surface area contributed by atoms with Gasteiger partial charge in [0.05, 0.1) is 104 Å². The van der Waals surface area contributed by atoms with Crippen LogP contribution in [0, 0.1) is 0 Å². The maximum absolute atomic E-state index is 13.9. The lowest BCUT2D eigenvalue weighted by molar-refractivity contribution is -0.111. The second-order valence-electron chi connectivity index (χ2n) is 33.7. The van der Waals surface area contributed by atoms with Crippen molar-refractivity contribution in [2.24, 2.45) is 9.98 Å². The highest BCUT2D eigenvalue weighted by Gasteiger charge is 2.35. The Kier molecular flexibility index (Phi) is 29.2. The monoisotopic (exact) mass is 1820 g/mol. The first-order chi connectivity index (χ1) is 66.5. The van der Waals surface area contributed by atoms with Crippen LogP contribution in [0.4, 0.5) is 0 Å². The summed E-state index contributed by atoms with van der Waals surface area (Å²) in [6.07, 6.45) is 24.0. The molecule has 0 radical (unpaired) electrons. The molecule has 0 saturated carbocycles. The molecule has 7 aliphatic rings. The third-order valence-electron chi connectivity index (χ3n) is 24.6. The van der Waals surface area contributed by atoms with E-state index in [1.165, 1.54) is 24.3 Å². The zero-order valence-electron chi connectivity index (χ0n) is 74.6. The van der Waals surface area contributed by atoms with Crippen molar-refractivity contribution in [1.82, 2.24) is 9.97 Å². The minimum absolute atomic E-state index is 0.173. The fourth-order valence-electron chi connectivity index (χ4n) is 17.5. The number of aromatic nitrogens is 2. The molecule has 17 rings (SSSR count). The van der Waals surface area contributed by atoms with E-state index in [-0.39, 0.29) is 26.4 Å². The molecule has 136 heavy (non-hydrogen) atoms. The maximum Gasteiger partial charge on any atom is 0.338 e. The largest absolute Gasteiger partial charge is 0.493 e. The predicted octanol–water partition coefficient (Wildman–Crippen LogP) is 17.9. The molecule has 0 spiro atoms. The Bertz CT molecular complexity index is 6860. The molecular formula is C112H96N4O20. The van der Waals surface area contributed by atoms with Crippen LogP contribution in [0.1, 0.15) is 247 Å². The number of unbranched alkanes of at least 4 members (excludes halogenated alkanes) is 12. The smallest absolute Gasteiger partial charge is 0.338 e. The summed E-state index contributed by atoms with van der Waals surface area (Å²) in [4.78, 5) is 174. The van der Waals surface area contributed by atoms with E-state index >= 15 is 0 Å². The second-order valence-corrected chi connectivity index (χ2v) is 33.7. The molecule has 24 nitrogen and oxygen atoms in total. The first-order valence-corrected chi connectivity index (χ1v) is 46.1. The molecule has 2 N–H and O–H groups in total. The minimum Gasteiger partial charge on any atom is -0.493 e. The van der Waals surface area contributed by atoms with E-state index in [0.29, 0.717) is 235 Å². The normalized spacial score (nSPS) is 17.0. The van der Waals surface area contributed by atoms with Crippen LogP contribution in [0.25, 0.3) is 39.8 Å². The number of carbonyl (C=O) groups is 12. The number of benzene rings is 8. The number of nitrogens with one attached hydrogen (secondary N) is 2. The van der Waals surface area contributed by atoms with Crippen molar-refractivity contribution >= 4 is 121 Å². The topological polar surface area (TPSA) is 335 Å². The van der Waals surface area contributed by atoms with Gasteiger partial charge in [0.1, 0.15) is 23.0 Å². The van der Waals surface area contributed by atoms with E-state index in [1.54, 1.807) is 146 Å². The summed E-state index contributed by atoms with van der Waals surface area (Å²) >= 11 is 0. The van der Waals surface area contributed by atoms with Gasteiger partial charge >= 0.3 is 23.9 Å². The summed E-state index contributed by atoms with van der Waals surface area (Å²) < 4.78 is 47.3. The van der Waals surface area contributed by atoms with E-state index in [2.05, 4.69) is 9.97 Å². The number of nitrogens with zero attached hydrogens (tertiary/aromatic N) is 2. The lowest BCUT2D eigenvalue weighted by Gasteiger charge is -2.21. The number of carbonyl (C=O) groups excluding carboxylic acids is 12. The number of H-pyrrole nitrogens is 2. The standard InChI is InChI=1S/C112H96N4O20/c117-93-65-97(77-25-9-13-29-81(77)105(93)121)129-57-17-1-5-21-61-133-109(125)73-41-33-69(34-42-73)101-85-49-51-87(113-85)102(70-35-43-74(44-36-70)110(126)134-62-22-6-2-18-58-130-98-66-94(118)106(122)82-30-14-10-26-78(82)98)89-53-55-91(115-89)104(72-39-47-76(48-40-72)112(128)136-64-24-8-4-20-60-132-100-68-96(120)108(124)84-32-16-12-28-80(84)100)92-56-54-90(116-92)103(88-52-50-86(101)114-88)71-37-45-75(46-38-71)111(127)135-63-23-7-3-19-59-131-99-67-95(119)107(123)83-31-15-11-27-79(83)99/h9-16,25-56,65-68,85,101,114-115H,1-8,17-24,57-64H2/b102-89-,103-90-,104-91-. The first-order valence-electron chi connectivity index (χ1n) is 46.1. The molecule has 2 aromatic heterocycles. The van der Waals surface area contributed by atoms with Gasteiger partial charge in [-0.15, -0.1) is 0 Å². The Morgan fingerprint density at radius 1 is 0.287 bits per heavy atom. The number of Topliss-reactive ketones (excluding diaryl/α,β-unsaturated/α-hetero) is 4. The Balaban J connectivity index is 0.627. The van der Waals surface area contributed by atoms with Crippen LogP contribution < -0.4 is 10.7 Å². The number of allylic oxidation sites excluding steroid dienone is 7. The van der Waals surface area contributed by atoms with Crippen molar-refractivity contribution in [3.63, 3.8) is 0 Å². The lowest BCUT2D eigenvalue weighted by atomic mass is 9.88. The summed E-state index contributed by atoms with van der Waals surface area (Å²) in [5.41, 5.74) is 13.2. The molecule has 3 aliphatic heterocycles. The molecule has 2 atom stereocenters. The molecule has 4 aliphatic carbocycles. The van der Waals surface area contributed by atoms with Crippen LogP contribution in [0.5, 0.6) is 0 Å². The van der Waals surface area contributed by atoms with Crippen LogP contribution in [0.2, 0.25) is 0 Å². The SMILES string of the molecule is O=C1C=C(OCCCCCCOC(=O)c2ccc(/C3=C4\C=CC(=N4)/C(c4ccc(C(=O)OCCCCCCOC5=CC(=O)C(=O)c6ccccc65)cc4)=c4/cc/c([nH]4)=C(\c4ccc(C(=O)OCCCCCCOC5=CC(=O)C(=O)c6ccccc65)cc4)C4=NC(C=C4)C(c4ccc(C(=O)OCCCCCCOC5=CC(=O)C(=O)c6ccccc65)cc4)c4ccc3[nH]4)cc2)c2ccccc2C1=O. The molecule has 2 unspecified atom stereocenters. The van der Waals surface area contributed by atoms with Crippen LogP contribution >= 0.6 is 0 Å². The number of aromatic amines is 2. The molecule has 5 heterocycles. The van der Waals surface area contributed by atoms with Crippen molar-refractivity contribution < 1.29 is 95.4 Å². The van der Waals surface area contributed by atoms with Gasteiger partial charge in [-0.25, -0.2) is 24.2 Å². The van der Waals surface area contributed by atoms with Crippen molar-refractivity contribution in [3.8, 4) is 0 Å². The average Bonchev–Trinajstić information content (AvgIpc) is 1.61. The van der Waals surface area contributed by atoms with Gasteiger partial charge in [0.2, 0.25) is 46.3 Å². The average molecular weight is 1820 g/mol. The Morgan fingerprint density at radius 2 is 0.596 bits per heavy atom. The summed E-state index contributed by atoms with van der Waals surface area (Å²) in [7, 11) is 0. The Hall–Kier alpha value is -16.0. The second kappa shape index (κ2) is 43.1. The molecule has 8 bridgehead atoms. The Labute approximate surface area is 783 Å². The number of rotatable bonds is 40. The van der Waals surface area contributed by atoms with Gasteiger partial charge in [-0.1, -0.05) is 152 Å². The van der Waals surface area contributed by atoms with Crippen LogP contribution in [0.3, 0.4) is 0 Å². The predicted molar refractivity (Wildman–Crippen MR) is 510 cm³/mol. The summed E-state index contributed by atoms with van der Waals surface area (Å²) in [6.45, 7) is 2.03. The van der Waals surface area contributed by atoms with Gasteiger partial charge in [-0.3, -0.25) is 43.3 Å². The zero-order valence-corrected chi connectivity index (χ0v) is 74.6. The molecule has 10 aromatic rings. The molecule has 0 amide bonds. The van der Waals surface area contributed by atoms with E-state index in [1.807, 2.05) is 97.1 Å². The molecular weight excluding hydrogens is 1720 g/mol. The van der Waals surface area contributed by atoms with Crippen LogP contribution in [0.15, 0.2) is 283 Å². The van der Waals surface area contributed by atoms with Crippen LogP contribution in [-0.2, 0) is 57.1 Å². The van der Waals surface area contributed by atoms with E-state index < -0.39 is 82.1 Å². The number of hydrogen-bond acceptors (Lipinski definition) is 22.